The molecular formula is C20H25NO2. The summed E-state index contributed by atoms with van der Waals surface area (Å²) in [6.45, 7) is 4.87. The van der Waals surface area contributed by atoms with Gasteiger partial charge in [-0.25, -0.2) is 0 Å². The van der Waals surface area contributed by atoms with Gasteiger partial charge in [0.05, 0.1) is 6.61 Å². The Morgan fingerprint density at radius 1 is 1.04 bits per heavy atom. The molecule has 2 aromatic rings. The number of carbonyl (C=O) groups is 1. The van der Waals surface area contributed by atoms with E-state index in [1.165, 1.54) is 25.7 Å². The molecule has 0 spiro atoms. The molecule has 2 rings (SSSR count). The number of hydrogen-bond donors (Lipinski definition) is 0. The molecule has 0 atom stereocenters. The van der Waals surface area contributed by atoms with Crippen LogP contribution in [0.1, 0.15) is 60.5 Å². The Bertz CT molecular complexity index is 620. The van der Waals surface area contributed by atoms with E-state index in [4.69, 9.17) is 4.74 Å². The third-order valence-electron chi connectivity index (χ3n) is 3.92. The van der Waals surface area contributed by atoms with Crippen molar-refractivity contribution < 1.29 is 9.53 Å². The third kappa shape index (κ3) is 5.20. The van der Waals surface area contributed by atoms with Gasteiger partial charge in [0.1, 0.15) is 5.75 Å². The average Bonchev–Trinajstić information content (AvgIpc) is 2.58. The second-order valence-electron chi connectivity index (χ2n) is 5.81. The number of rotatable bonds is 9. The van der Waals surface area contributed by atoms with E-state index >= 15 is 0 Å². The molecule has 122 valence electrons. The fraction of sp³-hybridized carbons (Fsp3) is 0.400. The predicted molar refractivity (Wildman–Crippen MR) is 93.1 cm³/mol. The number of hydrogen-bond acceptors (Lipinski definition) is 3. The van der Waals surface area contributed by atoms with Crippen molar-refractivity contribution in [1.29, 1.82) is 0 Å². The van der Waals surface area contributed by atoms with Crippen molar-refractivity contribution in [1.82, 2.24) is 4.98 Å². The number of ether oxygens (including phenoxy) is 1. The highest BCUT2D eigenvalue weighted by Gasteiger charge is 2.11. The van der Waals surface area contributed by atoms with Gasteiger partial charge < -0.3 is 4.74 Å². The minimum Gasteiger partial charge on any atom is -0.494 e. The highest BCUT2D eigenvalue weighted by atomic mass is 16.5. The van der Waals surface area contributed by atoms with Gasteiger partial charge in [-0.1, -0.05) is 32.6 Å². The van der Waals surface area contributed by atoms with Crippen molar-refractivity contribution >= 4 is 5.78 Å². The van der Waals surface area contributed by atoms with E-state index in [0.29, 0.717) is 11.1 Å². The van der Waals surface area contributed by atoms with Gasteiger partial charge in [-0.05, 0) is 49.2 Å². The standard InChI is InChI=1S/C20H25NO2/c1-3-4-5-6-7-14-23-18-10-8-17(9-11-18)20(22)19-15-21-13-12-16(19)2/h8-13,15H,3-7,14H2,1-2H3. The van der Waals surface area contributed by atoms with E-state index in [9.17, 15) is 4.79 Å². The first-order valence-corrected chi connectivity index (χ1v) is 8.40. The van der Waals surface area contributed by atoms with Gasteiger partial charge in [0.25, 0.3) is 0 Å². The normalized spacial score (nSPS) is 10.5. The van der Waals surface area contributed by atoms with Crippen LogP contribution in [0.5, 0.6) is 5.75 Å². The molecule has 0 amide bonds. The molecule has 0 saturated heterocycles. The highest BCUT2D eigenvalue weighted by Crippen LogP contribution is 2.17. The van der Waals surface area contributed by atoms with Crippen molar-refractivity contribution in [3.63, 3.8) is 0 Å². The van der Waals surface area contributed by atoms with Crippen LogP contribution in [0.4, 0.5) is 0 Å². The minimum atomic E-state index is 0.00159. The molecule has 0 aliphatic heterocycles. The molecule has 0 N–H and O–H groups in total. The molecule has 1 aromatic heterocycles. The molecule has 0 aliphatic rings. The fourth-order valence-corrected chi connectivity index (χ4v) is 2.46. The number of aromatic nitrogens is 1. The van der Waals surface area contributed by atoms with Crippen molar-refractivity contribution in [3.05, 3.63) is 59.4 Å². The largest absolute Gasteiger partial charge is 0.494 e. The van der Waals surface area contributed by atoms with Gasteiger partial charge in [0.2, 0.25) is 0 Å². The van der Waals surface area contributed by atoms with Crippen LogP contribution in [0.2, 0.25) is 0 Å². The van der Waals surface area contributed by atoms with Crippen LogP contribution in [0.25, 0.3) is 0 Å². The Hall–Kier alpha value is -2.16. The lowest BCUT2D eigenvalue weighted by Crippen LogP contribution is -2.04. The molecular weight excluding hydrogens is 286 g/mol. The van der Waals surface area contributed by atoms with Crippen LogP contribution in [0, 0.1) is 6.92 Å². The van der Waals surface area contributed by atoms with Crippen molar-refractivity contribution in [3.8, 4) is 5.75 Å². The second kappa shape index (κ2) is 9.09. The van der Waals surface area contributed by atoms with E-state index in [0.717, 1.165) is 24.3 Å². The summed E-state index contributed by atoms with van der Waals surface area (Å²) in [4.78, 5) is 16.5. The summed E-state index contributed by atoms with van der Waals surface area (Å²) in [6, 6.07) is 9.22. The summed E-state index contributed by atoms with van der Waals surface area (Å²) >= 11 is 0. The summed E-state index contributed by atoms with van der Waals surface area (Å²) in [6.07, 6.45) is 9.44. The SMILES string of the molecule is CCCCCCCOc1ccc(C(=O)c2cnccc2C)cc1. The lowest BCUT2D eigenvalue weighted by Gasteiger charge is -2.08. The van der Waals surface area contributed by atoms with Gasteiger partial charge in [-0.3, -0.25) is 9.78 Å². The van der Waals surface area contributed by atoms with Gasteiger partial charge in [-0.2, -0.15) is 0 Å². The molecule has 3 nitrogen and oxygen atoms in total. The summed E-state index contributed by atoms with van der Waals surface area (Å²) in [5, 5.41) is 0. The average molecular weight is 311 g/mol. The predicted octanol–water partition coefficient (Wildman–Crippen LogP) is 4.97. The molecule has 23 heavy (non-hydrogen) atoms. The molecule has 1 heterocycles. The molecule has 1 aromatic carbocycles. The Morgan fingerprint density at radius 2 is 1.78 bits per heavy atom. The quantitative estimate of drug-likeness (QED) is 0.485. The molecule has 0 unspecified atom stereocenters. The van der Waals surface area contributed by atoms with Gasteiger partial charge in [0, 0.05) is 23.5 Å². The number of unbranched alkanes of at least 4 members (excludes halogenated alkanes) is 4. The molecule has 0 aliphatic carbocycles. The third-order valence-corrected chi connectivity index (χ3v) is 3.92. The van der Waals surface area contributed by atoms with Gasteiger partial charge in [0.15, 0.2) is 5.78 Å². The maximum atomic E-state index is 12.5. The lowest BCUT2D eigenvalue weighted by molar-refractivity contribution is 0.103. The zero-order valence-electron chi connectivity index (χ0n) is 14.0. The minimum absolute atomic E-state index is 0.00159. The van der Waals surface area contributed by atoms with Crippen LogP contribution < -0.4 is 4.74 Å². The zero-order valence-corrected chi connectivity index (χ0v) is 14.0. The topological polar surface area (TPSA) is 39.2 Å². The maximum absolute atomic E-state index is 12.5. The molecule has 3 heteroatoms. The first kappa shape index (κ1) is 17.2. The molecule has 0 bridgehead atoms. The number of nitrogens with zero attached hydrogens (tertiary/aromatic N) is 1. The Morgan fingerprint density at radius 3 is 2.48 bits per heavy atom. The summed E-state index contributed by atoms with van der Waals surface area (Å²) in [5.74, 6) is 0.821. The summed E-state index contributed by atoms with van der Waals surface area (Å²) in [5.41, 5.74) is 2.26. The Kier molecular flexibility index (Phi) is 6.79. The number of ketones is 1. The van der Waals surface area contributed by atoms with Crippen LogP contribution in [0.15, 0.2) is 42.7 Å². The first-order valence-electron chi connectivity index (χ1n) is 8.40. The second-order valence-corrected chi connectivity index (χ2v) is 5.81. The first-order chi connectivity index (χ1) is 11.2. The fourth-order valence-electron chi connectivity index (χ4n) is 2.46. The van der Waals surface area contributed by atoms with Crippen LogP contribution in [-0.4, -0.2) is 17.4 Å². The zero-order chi connectivity index (χ0) is 16.5. The Labute approximate surface area is 138 Å². The molecule has 0 radical (unpaired) electrons. The van der Waals surface area contributed by atoms with E-state index in [-0.39, 0.29) is 5.78 Å². The maximum Gasteiger partial charge on any atom is 0.194 e. The van der Waals surface area contributed by atoms with Crippen molar-refractivity contribution in [2.75, 3.05) is 6.61 Å². The summed E-state index contributed by atoms with van der Waals surface area (Å²) in [7, 11) is 0. The van der Waals surface area contributed by atoms with Crippen LogP contribution in [-0.2, 0) is 0 Å². The number of benzene rings is 1. The molecule has 0 saturated carbocycles. The van der Waals surface area contributed by atoms with Crippen molar-refractivity contribution in [2.24, 2.45) is 0 Å². The Balaban J connectivity index is 1.87. The van der Waals surface area contributed by atoms with Crippen LogP contribution in [0.3, 0.4) is 0 Å². The van der Waals surface area contributed by atoms with E-state index < -0.39 is 0 Å². The van der Waals surface area contributed by atoms with Crippen molar-refractivity contribution in [2.45, 2.75) is 46.0 Å². The van der Waals surface area contributed by atoms with Crippen LogP contribution >= 0.6 is 0 Å². The number of pyridine rings is 1. The molecule has 0 fully saturated rings. The highest BCUT2D eigenvalue weighted by molar-refractivity contribution is 6.09. The smallest absolute Gasteiger partial charge is 0.194 e. The van der Waals surface area contributed by atoms with E-state index in [1.54, 1.807) is 12.4 Å². The van der Waals surface area contributed by atoms with E-state index in [2.05, 4.69) is 11.9 Å². The van der Waals surface area contributed by atoms with Gasteiger partial charge >= 0.3 is 0 Å². The summed E-state index contributed by atoms with van der Waals surface area (Å²) < 4.78 is 5.73. The monoisotopic (exact) mass is 311 g/mol. The van der Waals surface area contributed by atoms with Gasteiger partial charge in [-0.15, -0.1) is 0 Å². The lowest BCUT2D eigenvalue weighted by atomic mass is 10.0. The number of aryl methyl sites for hydroxylation is 1. The van der Waals surface area contributed by atoms with E-state index in [1.807, 2.05) is 37.3 Å². The number of carbonyl (C=O) groups excluding carboxylic acids is 1.